The van der Waals surface area contributed by atoms with Crippen molar-refractivity contribution < 1.29 is 4.79 Å². The zero-order valence-corrected chi connectivity index (χ0v) is 16.3. The van der Waals surface area contributed by atoms with Crippen LogP contribution in [0.5, 0.6) is 0 Å². The van der Waals surface area contributed by atoms with Crippen LogP contribution in [-0.2, 0) is 11.3 Å². The van der Waals surface area contributed by atoms with Gasteiger partial charge in [0, 0.05) is 38.3 Å². The fourth-order valence-corrected chi connectivity index (χ4v) is 3.37. The maximum Gasteiger partial charge on any atom is 0.224 e. The summed E-state index contributed by atoms with van der Waals surface area (Å²) in [5, 5.41) is 9.73. The number of amides is 1. The zero-order chi connectivity index (χ0) is 18.8. The number of carbonyl (C=O) groups excluding carboxylic acids is 1. The van der Waals surface area contributed by atoms with Crippen molar-refractivity contribution in [2.75, 3.05) is 32.0 Å². The molecule has 0 radical (unpaired) electrons. The molecule has 1 aliphatic rings. The lowest BCUT2D eigenvalue weighted by atomic mass is 10.2. The molecule has 0 saturated carbocycles. The van der Waals surface area contributed by atoms with E-state index in [4.69, 9.17) is 0 Å². The molecule has 0 aliphatic carbocycles. The molecule has 1 aromatic rings. The van der Waals surface area contributed by atoms with Gasteiger partial charge < -0.3 is 16.0 Å². The molecule has 1 heterocycles. The van der Waals surface area contributed by atoms with E-state index in [-0.39, 0.29) is 5.91 Å². The molecule has 1 saturated heterocycles. The molecule has 3 N–H and O–H groups in total. The minimum absolute atomic E-state index is 0.0622. The minimum atomic E-state index is 0.0622. The second-order valence-corrected chi connectivity index (χ2v) is 6.73. The second kappa shape index (κ2) is 10.8. The maximum absolute atomic E-state index is 11.7. The van der Waals surface area contributed by atoms with Crippen molar-refractivity contribution in [3.05, 3.63) is 29.8 Å². The van der Waals surface area contributed by atoms with Crippen molar-refractivity contribution in [1.82, 2.24) is 15.5 Å². The average molecular weight is 360 g/mol. The summed E-state index contributed by atoms with van der Waals surface area (Å²) in [5.41, 5.74) is 1.95. The summed E-state index contributed by atoms with van der Waals surface area (Å²) in [6.07, 6.45) is 3.93. The largest absolute Gasteiger partial charge is 0.355 e. The molecular weight excluding hydrogens is 326 g/mol. The Morgan fingerprint density at radius 3 is 2.88 bits per heavy atom. The van der Waals surface area contributed by atoms with Gasteiger partial charge in [0.05, 0.1) is 0 Å². The van der Waals surface area contributed by atoms with Crippen LogP contribution < -0.4 is 16.0 Å². The standard InChI is InChI=1S/C20H33N5O/c1-4-8-19(26)24-17-10-6-9-16(13-17)14-22-20(21-3)23-15-18-11-7-12-25(18)5-2/h6,9-10,13,18H,4-5,7-8,11-12,14-15H2,1-3H3,(H,24,26)(H2,21,22,23). The smallest absolute Gasteiger partial charge is 0.224 e. The number of nitrogens with one attached hydrogen (secondary N) is 3. The van der Waals surface area contributed by atoms with E-state index in [9.17, 15) is 4.79 Å². The molecule has 6 nitrogen and oxygen atoms in total. The summed E-state index contributed by atoms with van der Waals surface area (Å²) < 4.78 is 0. The van der Waals surface area contributed by atoms with Gasteiger partial charge in [-0.25, -0.2) is 0 Å². The van der Waals surface area contributed by atoms with E-state index in [1.54, 1.807) is 7.05 Å². The first-order valence-corrected chi connectivity index (χ1v) is 9.73. The van der Waals surface area contributed by atoms with Gasteiger partial charge in [-0.2, -0.15) is 0 Å². The third-order valence-electron chi connectivity index (χ3n) is 4.78. The summed E-state index contributed by atoms with van der Waals surface area (Å²) in [5.74, 6) is 0.875. The number of guanidine groups is 1. The number of hydrogen-bond donors (Lipinski definition) is 3. The second-order valence-electron chi connectivity index (χ2n) is 6.73. The van der Waals surface area contributed by atoms with E-state index in [0.717, 1.165) is 36.7 Å². The molecule has 1 fully saturated rings. The van der Waals surface area contributed by atoms with Gasteiger partial charge in [-0.3, -0.25) is 14.7 Å². The van der Waals surface area contributed by atoms with Crippen LogP contribution in [0, 0.1) is 0 Å². The number of nitrogens with zero attached hydrogens (tertiary/aromatic N) is 2. The zero-order valence-electron chi connectivity index (χ0n) is 16.3. The number of carbonyl (C=O) groups is 1. The Kier molecular flexibility index (Phi) is 8.41. The van der Waals surface area contributed by atoms with Crippen LogP contribution in [0.4, 0.5) is 5.69 Å². The lowest BCUT2D eigenvalue weighted by molar-refractivity contribution is -0.116. The van der Waals surface area contributed by atoms with Gasteiger partial charge in [-0.15, -0.1) is 0 Å². The summed E-state index contributed by atoms with van der Waals surface area (Å²) in [6, 6.07) is 8.53. The maximum atomic E-state index is 11.7. The topological polar surface area (TPSA) is 68.8 Å². The van der Waals surface area contributed by atoms with Crippen molar-refractivity contribution in [2.45, 2.75) is 52.1 Å². The van der Waals surface area contributed by atoms with Crippen LogP contribution in [0.3, 0.4) is 0 Å². The molecule has 1 aromatic carbocycles. The van der Waals surface area contributed by atoms with Gasteiger partial charge in [-0.1, -0.05) is 26.0 Å². The monoisotopic (exact) mass is 359 g/mol. The average Bonchev–Trinajstić information content (AvgIpc) is 3.10. The molecule has 6 heteroatoms. The van der Waals surface area contributed by atoms with Gasteiger partial charge in [0.25, 0.3) is 0 Å². The number of likely N-dealkylation sites (tertiary alicyclic amines) is 1. The third kappa shape index (κ3) is 6.33. The van der Waals surface area contributed by atoms with Crippen molar-refractivity contribution >= 4 is 17.6 Å². The fourth-order valence-electron chi connectivity index (χ4n) is 3.37. The van der Waals surface area contributed by atoms with E-state index in [2.05, 4.69) is 32.8 Å². The molecule has 1 atom stereocenters. The van der Waals surface area contributed by atoms with Crippen LogP contribution in [-0.4, -0.2) is 49.5 Å². The van der Waals surface area contributed by atoms with Gasteiger partial charge >= 0.3 is 0 Å². The van der Waals surface area contributed by atoms with Gasteiger partial charge in [-0.05, 0) is 50.0 Å². The third-order valence-corrected chi connectivity index (χ3v) is 4.78. The molecule has 144 valence electrons. The Morgan fingerprint density at radius 1 is 1.31 bits per heavy atom. The molecular formula is C20H33N5O. The van der Waals surface area contributed by atoms with Gasteiger partial charge in [0.15, 0.2) is 5.96 Å². The Balaban J connectivity index is 1.81. The molecule has 0 spiro atoms. The van der Waals surface area contributed by atoms with Crippen LogP contribution in [0.25, 0.3) is 0 Å². The summed E-state index contributed by atoms with van der Waals surface area (Å²) in [6.45, 7) is 8.11. The lowest BCUT2D eigenvalue weighted by Crippen LogP contribution is -2.44. The lowest BCUT2D eigenvalue weighted by Gasteiger charge is -2.24. The predicted molar refractivity (Wildman–Crippen MR) is 108 cm³/mol. The first-order chi connectivity index (χ1) is 12.7. The molecule has 1 unspecified atom stereocenters. The van der Waals surface area contributed by atoms with Crippen LogP contribution in [0.15, 0.2) is 29.3 Å². The number of aliphatic imine (C=N–C) groups is 1. The number of rotatable bonds is 8. The Morgan fingerprint density at radius 2 is 2.15 bits per heavy atom. The van der Waals surface area contributed by atoms with Crippen LogP contribution in [0.2, 0.25) is 0 Å². The molecule has 1 amide bonds. The Hall–Kier alpha value is -2.08. The number of benzene rings is 1. The van der Waals surface area contributed by atoms with Crippen molar-refractivity contribution in [2.24, 2.45) is 4.99 Å². The normalized spacial score (nSPS) is 18.0. The quantitative estimate of drug-likeness (QED) is 0.493. The van der Waals surface area contributed by atoms with Crippen LogP contribution >= 0.6 is 0 Å². The molecule has 26 heavy (non-hydrogen) atoms. The van der Waals surface area contributed by atoms with E-state index in [1.807, 2.05) is 31.2 Å². The molecule has 0 aromatic heterocycles. The minimum Gasteiger partial charge on any atom is -0.355 e. The summed E-state index contributed by atoms with van der Waals surface area (Å²) in [4.78, 5) is 18.6. The first kappa shape index (κ1) is 20.2. The highest BCUT2D eigenvalue weighted by Gasteiger charge is 2.22. The Labute approximate surface area is 157 Å². The predicted octanol–water partition coefficient (Wildman–Crippen LogP) is 2.57. The van der Waals surface area contributed by atoms with Crippen molar-refractivity contribution in [3.63, 3.8) is 0 Å². The van der Waals surface area contributed by atoms with E-state index < -0.39 is 0 Å². The van der Waals surface area contributed by atoms with Gasteiger partial charge in [0.2, 0.25) is 5.91 Å². The highest BCUT2D eigenvalue weighted by atomic mass is 16.1. The molecule has 0 bridgehead atoms. The molecule has 1 aliphatic heterocycles. The summed E-state index contributed by atoms with van der Waals surface area (Å²) >= 11 is 0. The van der Waals surface area contributed by atoms with E-state index in [0.29, 0.717) is 19.0 Å². The fraction of sp³-hybridized carbons (Fsp3) is 0.600. The van der Waals surface area contributed by atoms with E-state index in [1.165, 1.54) is 19.4 Å². The highest BCUT2D eigenvalue weighted by molar-refractivity contribution is 5.90. The van der Waals surface area contributed by atoms with E-state index >= 15 is 0 Å². The molecule has 2 rings (SSSR count). The number of hydrogen-bond acceptors (Lipinski definition) is 3. The Bertz CT molecular complexity index is 602. The number of anilines is 1. The SMILES string of the molecule is CCCC(=O)Nc1cccc(CNC(=NC)NCC2CCCN2CC)c1. The summed E-state index contributed by atoms with van der Waals surface area (Å²) in [7, 11) is 1.79. The van der Waals surface area contributed by atoms with Crippen LogP contribution in [0.1, 0.15) is 45.1 Å². The van der Waals surface area contributed by atoms with Gasteiger partial charge in [0.1, 0.15) is 0 Å². The highest BCUT2D eigenvalue weighted by Crippen LogP contribution is 2.15. The number of likely N-dealkylation sites (N-methyl/N-ethyl adjacent to an activating group) is 1. The van der Waals surface area contributed by atoms with Crippen molar-refractivity contribution in [1.29, 1.82) is 0 Å². The first-order valence-electron chi connectivity index (χ1n) is 9.73. The van der Waals surface area contributed by atoms with Crippen molar-refractivity contribution in [3.8, 4) is 0 Å².